The Morgan fingerprint density at radius 2 is 2.18 bits per heavy atom. The van der Waals surface area contributed by atoms with Crippen LogP contribution >= 0.6 is 0 Å². The first kappa shape index (κ1) is 13.4. The van der Waals surface area contributed by atoms with E-state index in [2.05, 4.69) is 0 Å². The number of sulfonamides is 1. The zero-order valence-corrected chi connectivity index (χ0v) is 10.0. The van der Waals surface area contributed by atoms with Crippen molar-refractivity contribution >= 4 is 15.7 Å². The van der Waals surface area contributed by atoms with Crippen molar-refractivity contribution in [3.8, 4) is 6.07 Å². The highest BCUT2D eigenvalue weighted by Crippen LogP contribution is 2.19. The van der Waals surface area contributed by atoms with Gasteiger partial charge in [-0.3, -0.25) is 0 Å². The number of benzene rings is 1. The molecule has 1 aromatic rings. The van der Waals surface area contributed by atoms with Crippen LogP contribution < -0.4 is 5.73 Å². The molecule has 92 valence electrons. The van der Waals surface area contributed by atoms with Crippen molar-refractivity contribution in [1.29, 1.82) is 5.26 Å². The fraction of sp³-hybridized carbons (Fsp3) is 0.300. The number of anilines is 1. The molecule has 0 spiro atoms. The SMILES string of the molecule is CN(CCC#N)S(=O)(=O)c1ccc(N)c(F)c1. The Hall–Kier alpha value is -1.65. The lowest BCUT2D eigenvalue weighted by atomic mass is 10.3. The molecule has 0 saturated carbocycles. The van der Waals surface area contributed by atoms with Crippen LogP contribution in [0.5, 0.6) is 0 Å². The molecule has 0 radical (unpaired) electrons. The van der Waals surface area contributed by atoms with Gasteiger partial charge in [-0.2, -0.15) is 9.57 Å². The van der Waals surface area contributed by atoms with E-state index in [-0.39, 0.29) is 23.5 Å². The number of nitrogens with zero attached hydrogens (tertiary/aromatic N) is 2. The maximum absolute atomic E-state index is 13.2. The van der Waals surface area contributed by atoms with Gasteiger partial charge >= 0.3 is 0 Å². The van der Waals surface area contributed by atoms with Gasteiger partial charge in [-0.15, -0.1) is 0 Å². The van der Waals surface area contributed by atoms with Crippen molar-refractivity contribution in [2.45, 2.75) is 11.3 Å². The van der Waals surface area contributed by atoms with Crippen molar-refractivity contribution in [3.63, 3.8) is 0 Å². The molecule has 0 saturated heterocycles. The van der Waals surface area contributed by atoms with Crippen LogP contribution in [0.15, 0.2) is 23.1 Å². The van der Waals surface area contributed by atoms with Crippen LogP contribution in [0.1, 0.15) is 6.42 Å². The minimum atomic E-state index is -3.76. The van der Waals surface area contributed by atoms with Crippen molar-refractivity contribution < 1.29 is 12.8 Å². The predicted molar refractivity (Wildman–Crippen MR) is 60.9 cm³/mol. The number of nitriles is 1. The minimum absolute atomic E-state index is 0.0603. The summed E-state index contributed by atoms with van der Waals surface area (Å²) in [5.41, 5.74) is 5.15. The Morgan fingerprint density at radius 1 is 1.53 bits per heavy atom. The van der Waals surface area contributed by atoms with E-state index in [0.29, 0.717) is 0 Å². The molecule has 17 heavy (non-hydrogen) atoms. The van der Waals surface area contributed by atoms with Gasteiger partial charge in [0.1, 0.15) is 5.82 Å². The molecule has 1 rings (SSSR count). The van der Waals surface area contributed by atoms with Gasteiger partial charge in [0, 0.05) is 20.0 Å². The summed E-state index contributed by atoms with van der Waals surface area (Å²) in [6, 6.07) is 5.14. The smallest absolute Gasteiger partial charge is 0.242 e. The molecular formula is C10H12FN3O2S. The van der Waals surface area contributed by atoms with Crippen molar-refractivity contribution in [1.82, 2.24) is 4.31 Å². The van der Waals surface area contributed by atoms with Crippen LogP contribution in [-0.4, -0.2) is 26.3 Å². The Bertz CT molecular complexity index is 551. The van der Waals surface area contributed by atoms with E-state index in [1.54, 1.807) is 0 Å². The van der Waals surface area contributed by atoms with E-state index in [1.165, 1.54) is 19.2 Å². The number of nitrogen functional groups attached to an aromatic ring is 1. The Balaban J connectivity index is 3.05. The third kappa shape index (κ3) is 2.93. The predicted octanol–water partition coefficient (Wildman–Crippen LogP) is 0.942. The standard InChI is InChI=1S/C10H12FN3O2S/c1-14(6-2-5-12)17(15,16)8-3-4-10(13)9(11)7-8/h3-4,7H,2,6,13H2,1H3. The lowest BCUT2D eigenvalue weighted by Gasteiger charge is -2.15. The Morgan fingerprint density at radius 3 is 2.71 bits per heavy atom. The second-order valence-electron chi connectivity index (χ2n) is 3.42. The summed E-state index contributed by atoms with van der Waals surface area (Å²) in [4.78, 5) is -0.176. The van der Waals surface area contributed by atoms with Gasteiger partial charge in [0.25, 0.3) is 0 Å². The van der Waals surface area contributed by atoms with E-state index in [0.717, 1.165) is 10.4 Å². The summed E-state index contributed by atoms with van der Waals surface area (Å²) in [5, 5.41) is 8.38. The number of nitrogens with two attached hydrogens (primary N) is 1. The van der Waals surface area contributed by atoms with Crippen LogP contribution in [0.2, 0.25) is 0 Å². The van der Waals surface area contributed by atoms with E-state index in [9.17, 15) is 12.8 Å². The minimum Gasteiger partial charge on any atom is -0.396 e. The fourth-order valence-electron chi connectivity index (χ4n) is 1.18. The van der Waals surface area contributed by atoms with Gasteiger partial charge in [0.15, 0.2) is 0 Å². The lowest BCUT2D eigenvalue weighted by Crippen LogP contribution is -2.27. The molecule has 0 aromatic heterocycles. The van der Waals surface area contributed by atoms with Gasteiger partial charge in [-0.05, 0) is 18.2 Å². The maximum atomic E-state index is 13.2. The largest absolute Gasteiger partial charge is 0.396 e. The first-order valence-electron chi connectivity index (χ1n) is 4.78. The van der Waals surface area contributed by atoms with Gasteiger partial charge in [0.05, 0.1) is 16.7 Å². The topological polar surface area (TPSA) is 87.2 Å². The van der Waals surface area contributed by atoms with Crippen LogP contribution in [-0.2, 0) is 10.0 Å². The molecule has 0 fully saturated rings. The average molecular weight is 257 g/mol. The number of hydrogen-bond donors (Lipinski definition) is 1. The van der Waals surface area contributed by atoms with Crippen molar-refractivity contribution in [2.75, 3.05) is 19.3 Å². The summed E-state index contributed by atoms with van der Waals surface area (Å²) in [7, 11) is -2.43. The van der Waals surface area contributed by atoms with E-state index in [4.69, 9.17) is 11.0 Å². The van der Waals surface area contributed by atoms with Crippen molar-refractivity contribution in [3.05, 3.63) is 24.0 Å². The van der Waals surface area contributed by atoms with E-state index < -0.39 is 15.8 Å². The molecule has 7 heteroatoms. The molecule has 0 atom stereocenters. The highest BCUT2D eigenvalue weighted by atomic mass is 32.2. The molecule has 0 unspecified atom stereocenters. The molecule has 5 nitrogen and oxygen atoms in total. The molecule has 0 aliphatic rings. The summed E-state index contributed by atoms with van der Waals surface area (Å²) in [6.07, 6.45) is 0.0766. The summed E-state index contributed by atoms with van der Waals surface area (Å²) in [5.74, 6) is -0.778. The number of rotatable bonds is 4. The third-order valence-corrected chi connectivity index (χ3v) is 4.07. The van der Waals surface area contributed by atoms with Gasteiger partial charge in [0.2, 0.25) is 10.0 Å². The second kappa shape index (κ2) is 5.12. The Kier molecular flexibility index (Phi) is 4.04. The molecule has 2 N–H and O–H groups in total. The normalized spacial score (nSPS) is 11.4. The van der Waals surface area contributed by atoms with E-state index >= 15 is 0 Å². The quantitative estimate of drug-likeness (QED) is 0.813. The molecular weight excluding hydrogens is 245 g/mol. The van der Waals surface area contributed by atoms with Crippen molar-refractivity contribution in [2.24, 2.45) is 0 Å². The molecule has 0 aliphatic heterocycles. The van der Waals surface area contributed by atoms with Gasteiger partial charge < -0.3 is 5.73 Å². The third-order valence-electron chi connectivity index (χ3n) is 2.22. The van der Waals surface area contributed by atoms with Crippen LogP contribution in [0.3, 0.4) is 0 Å². The second-order valence-corrected chi connectivity index (χ2v) is 5.46. The number of hydrogen-bond acceptors (Lipinski definition) is 4. The fourth-order valence-corrected chi connectivity index (χ4v) is 2.36. The summed E-state index contributed by atoms with van der Waals surface area (Å²) in [6.45, 7) is 0.0603. The molecule has 0 aliphatic carbocycles. The first-order chi connectivity index (χ1) is 7.89. The molecule has 1 aromatic carbocycles. The maximum Gasteiger partial charge on any atom is 0.242 e. The summed E-state index contributed by atoms with van der Waals surface area (Å²) >= 11 is 0. The highest BCUT2D eigenvalue weighted by molar-refractivity contribution is 7.89. The zero-order valence-electron chi connectivity index (χ0n) is 9.22. The zero-order chi connectivity index (χ0) is 13.1. The highest BCUT2D eigenvalue weighted by Gasteiger charge is 2.21. The average Bonchev–Trinajstić information content (AvgIpc) is 2.29. The van der Waals surface area contributed by atoms with Crippen LogP contribution in [0, 0.1) is 17.1 Å². The summed E-state index contributed by atoms with van der Waals surface area (Å²) < 4.78 is 38.0. The van der Waals surface area contributed by atoms with Gasteiger partial charge in [-0.25, -0.2) is 12.8 Å². The van der Waals surface area contributed by atoms with E-state index in [1.807, 2.05) is 6.07 Å². The van der Waals surface area contributed by atoms with Crippen LogP contribution in [0.25, 0.3) is 0 Å². The van der Waals surface area contributed by atoms with Crippen LogP contribution in [0.4, 0.5) is 10.1 Å². The molecule has 0 heterocycles. The lowest BCUT2D eigenvalue weighted by molar-refractivity contribution is 0.475. The monoisotopic (exact) mass is 257 g/mol. The molecule has 0 amide bonds. The molecule has 0 bridgehead atoms. The Labute approximate surface area is 99.3 Å². The first-order valence-corrected chi connectivity index (χ1v) is 6.22. The number of halogens is 1. The van der Waals surface area contributed by atoms with Gasteiger partial charge in [-0.1, -0.05) is 0 Å².